The van der Waals surface area contributed by atoms with E-state index in [4.69, 9.17) is 6.58 Å². The van der Waals surface area contributed by atoms with Crippen molar-refractivity contribution < 1.29 is 20.1 Å². The number of unbranched alkanes of at least 4 members (excludes halogenated alkanes) is 1. The molecule has 1 heteroatoms. The average molecular weight is 397 g/mol. The van der Waals surface area contributed by atoms with Crippen LogP contribution in [0.1, 0.15) is 47.6 Å². The summed E-state index contributed by atoms with van der Waals surface area (Å²) < 4.78 is 0. The molecule has 0 heterocycles. The van der Waals surface area contributed by atoms with Crippen LogP contribution in [0, 0.1) is 41.2 Å². The topological polar surface area (TPSA) is 0 Å². The van der Waals surface area contributed by atoms with Crippen molar-refractivity contribution in [2.24, 2.45) is 0 Å². The Balaban J connectivity index is 0. The van der Waals surface area contributed by atoms with Crippen LogP contribution in [0.5, 0.6) is 0 Å². The first kappa shape index (κ1) is 18.1. The largest absolute Gasteiger partial charge is 0.518 e. The van der Waals surface area contributed by atoms with Crippen LogP contribution < -0.4 is 0 Å². The Morgan fingerprint density at radius 1 is 1.06 bits per heavy atom. The van der Waals surface area contributed by atoms with Gasteiger partial charge in [-0.25, -0.2) is 0 Å². The zero-order valence-corrected chi connectivity index (χ0v) is 13.8. The standard InChI is InChI=1S/C10H15.C5H9.Ir/c1-6-7(2)9(4)10(5)8(6)3;1-3-5-4-2;/h1-5H3;1,3H,4-5H2,2H3;/q2*-1;. The van der Waals surface area contributed by atoms with Crippen LogP contribution in [0.3, 0.4) is 0 Å². The number of rotatable bonds is 2. The maximum Gasteiger partial charge on any atom is 0 e. The summed E-state index contributed by atoms with van der Waals surface area (Å²) in [6.45, 7) is 18.1. The summed E-state index contributed by atoms with van der Waals surface area (Å²) in [5, 5.41) is 0. The molecule has 1 rings (SSSR count). The summed E-state index contributed by atoms with van der Waals surface area (Å²) in [6.07, 6.45) is 3.89. The SMILES string of the molecule is Cc1c(C)c(C)[c-](C)c1C.[CH-]=CCCC.[Ir]. The van der Waals surface area contributed by atoms with E-state index in [1.165, 1.54) is 27.8 Å². The Morgan fingerprint density at radius 2 is 1.44 bits per heavy atom. The van der Waals surface area contributed by atoms with Gasteiger partial charge >= 0.3 is 0 Å². The minimum atomic E-state index is 0. The minimum absolute atomic E-state index is 0. The maximum atomic E-state index is 5.01. The monoisotopic (exact) mass is 397 g/mol. The smallest absolute Gasteiger partial charge is 0 e. The summed E-state index contributed by atoms with van der Waals surface area (Å²) in [6, 6.07) is 0. The fraction of sp³-hybridized carbons (Fsp3) is 0.533. The fourth-order valence-corrected chi connectivity index (χ4v) is 1.57. The van der Waals surface area contributed by atoms with Crippen molar-refractivity contribution in [1.82, 2.24) is 0 Å². The van der Waals surface area contributed by atoms with Crippen LogP contribution in [-0.2, 0) is 20.1 Å². The van der Waals surface area contributed by atoms with E-state index in [0.29, 0.717) is 0 Å². The molecule has 0 aliphatic heterocycles. The van der Waals surface area contributed by atoms with Gasteiger partial charge in [-0.15, -0.1) is 0 Å². The third kappa shape index (κ3) is 4.72. The predicted octanol–water partition coefficient (Wildman–Crippen LogP) is 4.72. The van der Waals surface area contributed by atoms with Gasteiger partial charge in [-0.1, -0.05) is 54.4 Å². The normalized spacial score (nSPS) is 8.88. The zero-order valence-electron chi connectivity index (χ0n) is 11.4. The molecule has 0 aromatic heterocycles. The van der Waals surface area contributed by atoms with E-state index in [0.717, 1.165) is 12.8 Å². The summed E-state index contributed by atoms with van der Waals surface area (Å²) in [7, 11) is 0. The molecule has 16 heavy (non-hydrogen) atoms. The molecule has 0 amide bonds. The third-order valence-corrected chi connectivity index (χ3v) is 3.27. The molecule has 1 aromatic carbocycles. The van der Waals surface area contributed by atoms with Gasteiger partial charge in [-0.05, 0) is 0 Å². The first-order valence-corrected chi connectivity index (χ1v) is 5.70. The maximum absolute atomic E-state index is 5.01. The Morgan fingerprint density at radius 3 is 1.50 bits per heavy atom. The van der Waals surface area contributed by atoms with Gasteiger partial charge < -0.3 is 6.58 Å². The number of hydrogen-bond donors (Lipinski definition) is 0. The second-order valence-electron chi connectivity index (χ2n) is 4.15. The van der Waals surface area contributed by atoms with Gasteiger partial charge in [0, 0.05) is 20.1 Å². The molecule has 0 bridgehead atoms. The zero-order chi connectivity index (χ0) is 12.0. The van der Waals surface area contributed by atoms with Crippen molar-refractivity contribution in [2.75, 3.05) is 0 Å². The Hall–Kier alpha value is -0.261. The summed E-state index contributed by atoms with van der Waals surface area (Å²) in [4.78, 5) is 0. The predicted molar refractivity (Wildman–Crippen MR) is 69.5 cm³/mol. The molecular formula is C15H24Ir-2. The third-order valence-electron chi connectivity index (χ3n) is 3.27. The van der Waals surface area contributed by atoms with E-state index in [1.54, 1.807) is 6.08 Å². The van der Waals surface area contributed by atoms with Gasteiger partial charge in [-0.2, -0.15) is 27.8 Å². The molecule has 0 saturated heterocycles. The van der Waals surface area contributed by atoms with Crippen LogP contribution in [0.2, 0.25) is 0 Å². The van der Waals surface area contributed by atoms with Crippen LogP contribution in [0.15, 0.2) is 6.08 Å². The van der Waals surface area contributed by atoms with Gasteiger partial charge in [0.25, 0.3) is 0 Å². The van der Waals surface area contributed by atoms with E-state index in [1.807, 2.05) is 0 Å². The van der Waals surface area contributed by atoms with Crippen LogP contribution in [0.4, 0.5) is 0 Å². The molecule has 1 radical (unpaired) electrons. The second-order valence-corrected chi connectivity index (χ2v) is 4.15. The quantitative estimate of drug-likeness (QED) is 0.635. The van der Waals surface area contributed by atoms with Gasteiger partial charge in [0.05, 0.1) is 0 Å². The van der Waals surface area contributed by atoms with Gasteiger partial charge in [0.2, 0.25) is 0 Å². The van der Waals surface area contributed by atoms with Gasteiger partial charge in [0.15, 0.2) is 0 Å². The molecule has 1 aromatic rings. The van der Waals surface area contributed by atoms with Crippen molar-refractivity contribution in [3.63, 3.8) is 0 Å². The van der Waals surface area contributed by atoms with Crippen molar-refractivity contribution in [3.05, 3.63) is 40.5 Å². The molecular weight excluding hydrogens is 372 g/mol. The van der Waals surface area contributed by atoms with E-state index in [2.05, 4.69) is 41.5 Å². The van der Waals surface area contributed by atoms with Gasteiger partial charge in [-0.3, -0.25) is 6.08 Å². The number of hydrogen-bond acceptors (Lipinski definition) is 0. The molecule has 0 aliphatic rings. The Kier molecular flexibility index (Phi) is 10.0. The Labute approximate surface area is 115 Å². The molecule has 0 spiro atoms. The van der Waals surface area contributed by atoms with Crippen molar-refractivity contribution in [2.45, 2.75) is 54.4 Å². The Bertz CT molecular complexity index is 238. The van der Waals surface area contributed by atoms with E-state index in [9.17, 15) is 0 Å². The van der Waals surface area contributed by atoms with Crippen LogP contribution in [-0.4, -0.2) is 0 Å². The van der Waals surface area contributed by atoms with Crippen LogP contribution >= 0.6 is 0 Å². The van der Waals surface area contributed by atoms with Gasteiger partial charge in [0.1, 0.15) is 0 Å². The molecule has 0 saturated carbocycles. The first-order chi connectivity index (χ1) is 6.97. The first-order valence-electron chi connectivity index (χ1n) is 5.70. The fourth-order valence-electron chi connectivity index (χ4n) is 1.57. The summed E-state index contributed by atoms with van der Waals surface area (Å²) in [5.74, 6) is 0. The molecule has 0 fully saturated rings. The number of allylic oxidation sites excluding steroid dienone is 1. The molecule has 0 nitrogen and oxygen atoms in total. The summed E-state index contributed by atoms with van der Waals surface area (Å²) in [5.41, 5.74) is 7.34. The van der Waals surface area contributed by atoms with Crippen LogP contribution in [0.25, 0.3) is 0 Å². The van der Waals surface area contributed by atoms with Crippen molar-refractivity contribution in [1.29, 1.82) is 0 Å². The summed E-state index contributed by atoms with van der Waals surface area (Å²) >= 11 is 0. The molecule has 0 aliphatic carbocycles. The molecule has 0 atom stereocenters. The molecule has 0 N–H and O–H groups in total. The van der Waals surface area contributed by atoms with Crippen molar-refractivity contribution in [3.8, 4) is 0 Å². The second kappa shape index (κ2) is 8.84. The van der Waals surface area contributed by atoms with E-state index >= 15 is 0 Å². The average Bonchev–Trinajstić information content (AvgIpc) is 2.39. The van der Waals surface area contributed by atoms with E-state index in [-0.39, 0.29) is 20.1 Å². The van der Waals surface area contributed by atoms with Crippen molar-refractivity contribution >= 4 is 0 Å². The molecule has 0 unspecified atom stereocenters. The minimum Gasteiger partial charge on any atom is -0.518 e. The molecule has 95 valence electrons. The van der Waals surface area contributed by atoms with E-state index < -0.39 is 0 Å².